The molecule has 2 spiro atoms. The van der Waals surface area contributed by atoms with Crippen LogP contribution in [-0.2, 0) is 21.5 Å². The molecule has 29 heavy (non-hydrogen) atoms. The lowest BCUT2D eigenvalue weighted by Crippen LogP contribution is -2.56. The number of hydrogen-bond donors (Lipinski definition) is 1. The van der Waals surface area contributed by atoms with E-state index in [2.05, 4.69) is 16.3 Å². The number of nitrogens with one attached hydrogen (secondary N) is 1. The molecule has 3 amide bonds. The first-order valence-electron chi connectivity index (χ1n) is 10.4. The van der Waals surface area contributed by atoms with Crippen LogP contribution in [0.2, 0.25) is 0 Å². The summed E-state index contributed by atoms with van der Waals surface area (Å²) >= 11 is 0. The van der Waals surface area contributed by atoms with E-state index >= 15 is 0 Å². The van der Waals surface area contributed by atoms with Crippen LogP contribution in [0.3, 0.4) is 0 Å². The van der Waals surface area contributed by atoms with Gasteiger partial charge in [-0.3, -0.25) is 9.69 Å². The minimum Gasteiger partial charge on any atom is -0.492 e. The van der Waals surface area contributed by atoms with Crippen LogP contribution in [-0.4, -0.2) is 69.2 Å². The Balaban J connectivity index is 1.72. The molecular weight excluding hydrogens is 370 g/mol. The molecule has 0 bridgehead atoms. The van der Waals surface area contributed by atoms with Crippen LogP contribution >= 0.6 is 0 Å². The van der Waals surface area contributed by atoms with Crippen molar-refractivity contribution in [2.24, 2.45) is 5.41 Å². The number of benzene rings is 1. The maximum Gasteiger partial charge on any atom is 0.325 e. The van der Waals surface area contributed by atoms with E-state index in [0.29, 0.717) is 6.61 Å². The molecule has 2 aliphatic carbocycles. The molecule has 1 aromatic rings. The van der Waals surface area contributed by atoms with E-state index in [1.54, 1.807) is 14.2 Å². The summed E-state index contributed by atoms with van der Waals surface area (Å²) in [5.74, 6) is 0.590. The molecule has 3 aliphatic rings. The number of carbonyl (C=O) groups is 2. The molecule has 7 nitrogen and oxygen atoms in total. The number of nitrogens with zero attached hydrogens (tertiary/aromatic N) is 2. The summed E-state index contributed by atoms with van der Waals surface area (Å²) in [5, 5.41) is 3.11. The van der Waals surface area contributed by atoms with E-state index < -0.39 is 5.54 Å². The number of imide groups is 1. The zero-order chi connectivity index (χ0) is 20.8. The average Bonchev–Trinajstić information content (AvgIpc) is 3.09. The number of ether oxygens (including phenoxy) is 2. The second-order valence-corrected chi connectivity index (χ2v) is 8.91. The zero-order valence-electron chi connectivity index (χ0n) is 17.8. The number of rotatable bonds is 5. The summed E-state index contributed by atoms with van der Waals surface area (Å²) in [6.45, 7) is 1.38. The van der Waals surface area contributed by atoms with Crippen molar-refractivity contribution < 1.29 is 19.1 Å². The van der Waals surface area contributed by atoms with E-state index in [1.807, 2.05) is 26.2 Å². The largest absolute Gasteiger partial charge is 0.492 e. The molecule has 7 heteroatoms. The van der Waals surface area contributed by atoms with Crippen molar-refractivity contribution >= 4 is 11.9 Å². The molecule has 158 valence electrons. The maximum absolute atomic E-state index is 13.5. The van der Waals surface area contributed by atoms with Crippen molar-refractivity contribution in [3.05, 3.63) is 29.3 Å². The summed E-state index contributed by atoms with van der Waals surface area (Å²) < 4.78 is 11.5. The second-order valence-electron chi connectivity index (χ2n) is 8.91. The Morgan fingerprint density at radius 2 is 1.97 bits per heavy atom. The quantitative estimate of drug-likeness (QED) is 0.766. The minimum atomic E-state index is -1.01. The molecule has 4 rings (SSSR count). The van der Waals surface area contributed by atoms with Crippen LogP contribution in [0.4, 0.5) is 4.79 Å². The van der Waals surface area contributed by atoms with Gasteiger partial charge < -0.3 is 19.7 Å². The third-order valence-electron chi connectivity index (χ3n) is 7.06. The van der Waals surface area contributed by atoms with Crippen molar-refractivity contribution in [1.29, 1.82) is 0 Å². The Hall–Kier alpha value is -2.12. The molecule has 1 unspecified atom stereocenters. The summed E-state index contributed by atoms with van der Waals surface area (Å²) in [4.78, 5) is 29.4. The van der Waals surface area contributed by atoms with Crippen LogP contribution in [0.5, 0.6) is 5.75 Å². The van der Waals surface area contributed by atoms with Gasteiger partial charge in [0.15, 0.2) is 5.54 Å². The van der Waals surface area contributed by atoms with Crippen LogP contribution in [0.25, 0.3) is 0 Å². The number of fused-ring (bicyclic) bond motifs is 3. The normalized spacial score (nSPS) is 31.1. The van der Waals surface area contributed by atoms with Crippen molar-refractivity contribution in [2.45, 2.75) is 43.7 Å². The highest BCUT2D eigenvalue weighted by Crippen LogP contribution is 2.60. The standard InChI is InChI=1S/C22H31N3O4/c1-24(2)11-12-29-17-6-5-15-14-21(9-7-16(28-4)8-10-21)22(18(15)13-17)19(26)25(3)20(27)23-22/h5-6,13,16H,7-12,14H2,1-4H3,(H,23,27). The molecule has 0 radical (unpaired) electrons. The molecule has 1 aliphatic heterocycles. The number of carbonyl (C=O) groups excluding carboxylic acids is 2. The van der Waals surface area contributed by atoms with Gasteiger partial charge >= 0.3 is 6.03 Å². The van der Waals surface area contributed by atoms with Crippen LogP contribution in [0, 0.1) is 5.41 Å². The van der Waals surface area contributed by atoms with Crippen LogP contribution in [0.1, 0.15) is 36.8 Å². The number of urea groups is 1. The Labute approximate surface area is 172 Å². The zero-order valence-corrected chi connectivity index (χ0v) is 17.8. The molecule has 0 aromatic heterocycles. The van der Waals surface area contributed by atoms with Gasteiger partial charge in [-0.05, 0) is 69.5 Å². The van der Waals surface area contributed by atoms with E-state index in [0.717, 1.165) is 55.5 Å². The van der Waals surface area contributed by atoms with Gasteiger partial charge in [0.05, 0.1) is 6.10 Å². The maximum atomic E-state index is 13.5. The lowest BCUT2D eigenvalue weighted by Gasteiger charge is -2.46. The van der Waals surface area contributed by atoms with Crippen molar-refractivity contribution in [2.75, 3.05) is 41.4 Å². The SMILES string of the molecule is COC1CCC2(CC1)Cc1ccc(OCCN(C)C)cc1C21NC(=O)N(C)C1=O. The van der Waals surface area contributed by atoms with Gasteiger partial charge in [0.1, 0.15) is 12.4 Å². The number of likely N-dealkylation sites (N-methyl/N-ethyl adjacent to an activating group) is 2. The summed E-state index contributed by atoms with van der Waals surface area (Å²) in [6.07, 6.45) is 4.48. The summed E-state index contributed by atoms with van der Waals surface area (Å²) in [7, 11) is 7.32. The van der Waals surface area contributed by atoms with Gasteiger partial charge in [-0.15, -0.1) is 0 Å². The van der Waals surface area contributed by atoms with Gasteiger partial charge in [-0.1, -0.05) is 6.07 Å². The third kappa shape index (κ3) is 3.02. The summed E-state index contributed by atoms with van der Waals surface area (Å²) in [6, 6.07) is 5.69. The Kier molecular flexibility index (Phi) is 5.07. The third-order valence-corrected chi connectivity index (χ3v) is 7.06. The Morgan fingerprint density at radius 3 is 2.55 bits per heavy atom. The Morgan fingerprint density at radius 1 is 1.24 bits per heavy atom. The molecule has 1 heterocycles. The predicted octanol–water partition coefficient (Wildman–Crippen LogP) is 2.14. The van der Waals surface area contributed by atoms with E-state index in [1.165, 1.54) is 4.90 Å². The van der Waals surface area contributed by atoms with Gasteiger partial charge in [0.2, 0.25) is 0 Å². The van der Waals surface area contributed by atoms with Crippen molar-refractivity contribution in [3.63, 3.8) is 0 Å². The fraction of sp³-hybridized carbons (Fsp3) is 0.636. The topological polar surface area (TPSA) is 71.1 Å². The highest BCUT2D eigenvalue weighted by atomic mass is 16.5. The molecule has 1 saturated carbocycles. The van der Waals surface area contributed by atoms with Crippen LogP contribution < -0.4 is 10.1 Å². The number of amides is 3. The minimum absolute atomic E-state index is 0.150. The molecule has 1 saturated heterocycles. The van der Waals surface area contributed by atoms with Crippen molar-refractivity contribution in [3.8, 4) is 5.75 Å². The highest BCUT2D eigenvalue weighted by molar-refractivity contribution is 6.08. The van der Waals surface area contributed by atoms with Gasteiger partial charge in [-0.25, -0.2) is 4.79 Å². The fourth-order valence-corrected chi connectivity index (χ4v) is 5.39. The molecular formula is C22H31N3O4. The fourth-order valence-electron chi connectivity index (χ4n) is 5.39. The Bertz CT molecular complexity index is 816. The summed E-state index contributed by atoms with van der Waals surface area (Å²) in [5.41, 5.74) is 0.709. The molecule has 1 N–H and O–H groups in total. The van der Waals surface area contributed by atoms with Gasteiger partial charge in [-0.2, -0.15) is 0 Å². The van der Waals surface area contributed by atoms with E-state index in [9.17, 15) is 9.59 Å². The molecule has 2 fully saturated rings. The predicted molar refractivity (Wildman–Crippen MR) is 109 cm³/mol. The van der Waals surface area contributed by atoms with E-state index in [-0.39, 0.29) is 23.5 Å². The average molecular weight is 402 g/mol. The number of methoxy groups -OCH3 is 1. The first-order valence-corrected chi connectivity index (χ1v) is 10.4. The van der Waals surface area contributed by atoms with Gasteiger partial charge in [0.25, 0.3) is 5.91 Å². The van der Waals surface area contributed by atoms with Gasteiger partial charge in [0, 0.05) is 26.1 Å². The second kappa shape index (κ2) is 7.29. The smallest absolute Gasteiger partial charge is 0.325 e. The lowest BCUT2D eigenvalue weighted by atomic mass is 9.61. The van der Waals surface area contributed by atoms with E-state index in [4.69, 9.17) is 9.47 Å². The lowest BCUT2D eigenvalue weighted by molar-refractivity contribution is -0.137. The molecule has 1 aromatic carbocycles. The van der Waals surface area contributed by atoms with Crippen molar-refractivity contribution in [1.82, 2.24) is 15.1 Å². The first kappa shape index (κ1) is 20.2. The molecule has 1 atom stereocenters. The monoisotopic (exact) mass is 401 g/mol. The first-order chi connectivity index (χ1) is 13.8. The highest BCUT2D eigenvalue weighted by Gasteiger charge is 2.67. The van der Waals surface area contributed by atoms with Crippen LogP contribution in [0.15, 0.2) is 18.2 Å². The number of hydrogen-bond acceptors (Lipinski definition) is 5.